The molecule has 1 aromatic heterocycles. The van der Waals surface area contributed by atoms with Gasteiger partial charge in [0.05, 0.1) is 5.56 Å². The van der Waals surface area contributed by atoms with Gasteiger partial charge in [0.25, 0.3) is 5.91 Å². The largest absolute Gasteiger partial charge is 0.464 e. The quantitative estimate of drug-likeness (QED) is 0.514. The number of amides is 1. The van der Waals surface area contributed by atoms with E-state index in [0.29, 0.717) is 18.7 Å². The lowest BCUT2D eigenvalue weighted by Gasteiger charge is -2.34. The molecular formula is C27H32N2O4. The van der Waals surface area contributed by atoms with Crippen molar-refractivity contribution in [2.75, 3.05) is 33.0 Å². The van der Waals surface area contributed by atoms with Crippen LogP contribution in [0.4, 0.5) is 0 Å². The Kier molecular flexibility index (Phi) is 7.35. The molecule has 0 saturated carbocycles. The Morgan fingerprint density at radius 1 is 1.09 bits per heavy atom. The van der Waals surface area contributed by atoms with Crippen LogP contribution in [-0.2, 0) is 6.54 Å². The lowest BCUT2D eigenvalue weighted by molar-refractivity contribution is 0.0627. The van der Waals surface area contributed by atoms with Crippen molar-refractivity contribution in [1.82, 2.24) is 9.80 Å². The highest BCUT2D eigenvalue weighted by Gasteiger charge is 2.24. The van der Waals surface area contributed by atoms with E-state index >= 15 is 0 Å². The Balaban J connectivity index is 1.27. The summed E-state index contributed by atoms with van der Waals surface area (Å²) in [5.41, 5.74) is 4.20. The van der Waals surface area contributed by atoms with E-state index in [2.05, 4.69) is 30.5 Å². The van der Waals surface area contributed by atoms with Gasteiger partial charge in [0.15, 0.2) is 11.5 Å². The number of fused-ring (bicyclic) bond motifs is 1. The summed E-state index contributed by atoms with van der Waals surface area (Å²) in [5, 5.41) is 0. The molecule has 0 bridgehead atoms. The third kappa shape index (κ3) is 5.96. The molecule has 2 aromatic rings. The number of allylic oxidation sites excluding steroid dienone is 4. The van der Waals surface area contributed by atoms with Crippen LogP contribution in [0.1, 0.15) is 48.4 Å². The number of carbonyl (C=O) groups is 1. The number of rotatable bonds is 8. The van der Waals surface area contributed by atoms with Gasteiger partial charge in [-0.05, 0) is 56.5 Å². The zero-order valence-electron chi connectivity index (χ0n) is 19.5. The molecule has 6 heteroatoms. The highest BCUT2D eigenvalue weighted by molar-refractivity contribution is 5.94. The molecule has 2 aliphatic rings. The normalized spacial score (nSPS) is 16.8. The van der Waals surface area contributed by atoms with Gasteiger partial charge >= 0.3 is 0 Å². The van der Waals surface area contributed by atoms with Crippen LogP contribution < -0.4 is 9.47 Å². The van der Waals surface area contributed by atoms with Crippen LogP contribution in [0, 0.1) is 0 Å². The van der Waals surface area contributed by atoms with Crippen LogP contribution in [0.3, 0.4) is 0 Å². The standard InChI is InChI=1S/C27H32N2O4/c1-4-20(2)6-5-7-21(3)14-24-16-23(18-31-24)27(30)29-12-10-28(11-13-29)17-22-8-9-25-26(15-22)33-19-32-25/h4,6,8-9,14-16,18H,1,5,7,10-13,17,19H2,2-3H3/b20-6-,21-14+. The van der Waals surface area contributed by atoms with Gasteiger partial charge in [0.2, 0.25) is 6.79 Å². The number of benzene rings is 1. The second-order valence-electron chi connectivity index (χ2n) is 8.68. The molecule has 0 atom stereocenters. The second-order valence-corrected chi connectivity index (χ2v) is 8.68. The Labute approximate surface area is 195 Å². The predicted octanol–water partition coefficient (Wildman–Crippen LogP) is 5.28. The van der Waals surface area contributed by atoms with Gasteiger partial charge < -0.3 is 18.8 Å². The number of furan rings is 1. The number of carbonyl (C=O) groups excluding carboxylic acids is 1. The monoisotopic (exact) mass is 448 g/mol. The van der Waals surface area contributed by atoms with Crippen molar-refractivity contribution >= 4 is 12.0 Å². The lowest BCUT2D eigenvalue weighted by atomic mass is 10.1. The van der Waals surface area contributed by atoms with Gasteiger partial charge in [0, 0.05) is 32.7 Å². The minimum absolute atomic E-state index is 0.0309. The van der Waals surface area contributed by atoms with Crippen LogP contribution >= 0.6 is 0 Å². The Morgan fingerprint density at radius 3 is 2.67 bits per heavy atom. The molecule has 0 unspecified atom stereocenters. The fourth-order valence-electron chi connectivity index (χ4n) is 4.06. The molecule has 0 spiro atoms. The van der Waals surface area contributed by atoms with Gasteiger partial charge in [-0.25, -0.2) is 0 Å². The molecule has 6 nitrogen and oxygen atoms in total. The van der Waals surface area contributed by atoms with Crippen LogP contribution in [-0.4, -0.2) is 48.7 Å². The van der Waals surface area contributed by atoms with E-state index in [1.165, 1.54) is 16.7 Å². The van der Waals surface area contributed by atoms with E-state index in [1.54, 1.807) is 6.26 Å². The van der Waals surface area contributed by atoms with Crippen molar-refractivity contribution in [2.24, 2.45) is 0 Å². The summed E-state index contributed by atoms with van der Waals surface area (Å²) in [7, 11) is 0. The van der Waals surface area contributed by atoms with Crippen molar-refractivity contribution in [3.8, 4) is 11.5 Å². The number of piperazine rings is 1. The maximum Gasteiger partial charge on any atom is 0.257 e. The third-order valence-corrected chi connectivity index (χ3v) is 6.08. The summed E-state index contributed by atoms with van der Waals surface area (Å²) in [5.74, 6) is 2.37. The number of hydrogen-bond donors (Lipinski definition) is 0. The third-order valence-electron chi connectivity index (χ3n) is 6.08. The first-order valence-electron chi connectivity index (χ1n) is 11.5. The molecule has 0 N–H and O–H groups in total. The van der Waals surface area contributed by atoms with E-state index in [-0.39, 0.29) is 12.7 Å². The van der Waals surface area contributed by atoms with E-state index in [9.17, 15) is 4.79 Å². The average Bonchev–Trinajstić information content (AvgIpc) is 3.48. The first-order valence-corrected chi connectivity index (χ1v) is 11.5. The van der Waals surface area contributed by atoms with E-state index in [4.69, 9.17) is 13.9 Å². The maximum atomic E-state index is 13.0. The predicted molar refractivity (Wildman–Crippen MR) is 129 cm³/mol. The van der Waals surface area contributed by atoms with Gasteiger partial charge in [0.1, 0.15) is 12.0 Å². The maximum absolute atomic E-state index is 13.0. The summed E-state index contributed by atoms with van der Waals surface area (Å²) in [6, 6.07) is 7.92. The SMILES string of the molecule is C=C/C(C)=C\CC/C(C)=C/c1cc(C(=O)N2CCN(Cc3ccc4c(c3)OCO4)CC2)co1. The summed E-state index contributed by atoms with van der Waals surface area (Å²) in [4.78, 5) is 17.2. The van der Waals surface area contributed by atoms with Crippen LogP contribution in [0.25, 0.3) is 6.08 Å². The van der Waals surface area contributed by atoms with E-state index < -0.39 is 0 Å². The van der Waals surface area contributed by atoms with Crippen molar-refractivity contribution in [3.05, 3.63) is 77.3 Å². The summed E-state index contributed by atoms with van der Waals surface area (Å²) in [6.07, 6.45) is 9.53. The van der Waals surface area contributed by atoms with Crippen molar-refractivity contribution in [2.45, 2.75) is 33.2 Å². The number of ether oxygens (including phenoxy) is 2. The zero-order chi connectivity index (χ0) is 23.2. The molecule has 4 rings (SSSR count). The van der Waals surface area contributed by atoms with Crippen molar-refractivity contribution < 1.29 is 18.7 Å². The van der Waals surface area contributed by atoms with E-state index in [0.717, 1.165) is 49.7 Å². The molecule has 2 aliphatic heterocycles. The average molecular weight is 449 g/mol. The molecule has 174 valence electrons. The molecule has 1 amide bonds. The molecule has 33 heavy (non-hydrogen) atoms. The fourth-order valence-corrected chi connectivity index (χ4v) is 4.06. The summed E-state index contributed by atoms with van der Waals surface area (Å²) >= 11 is 0. The molecule has 1 fully saturated rings. The fraction of sp³-hybridized carbons (Fsp3) is 0.370. The Morgan fingerprint density at radius 2 is 1.88 bits per heavy atom. The molecule has 1 saturated heterocycles. The molecule has 0 aliphatic carbocycles. The van der Waals surface area contributed by atoms with Gasteiger partial charge in [-0.3, -0.25) is 9.69 Å². The lowest BCUT2D eigenvalue weighted by Crippen LogP contribution is -2.48. The smallest absolute Gasteiger partial charge is 0.257 e. The first-order chi connectivity index (χ1) is 16.0. The van der Waals surface area contributed by atoms with Crippen molar-refractivity contribution in [3.63, 3.8) is 0 Å². The minimum Gasteiger partial charge on any atom is -0.464 e. The molecule has 0 radical (unpaired) electrons. The van der Waals surface area contributed by atoms with Crippen LogP contribution in [0.5, 0.6) is 11.5 Å². The first kappa shape index (κ1) is 22.9. The number of nitrogens with zero attached hydrogens (tertiary/aromatic N) is 2. The summed E-state index contributed by atoms with van der Waals surface area (Å²) < 4.78 is 16.5. The highest BCUT2D eigenvalue weighted by Crippen LogP contribution is 2.32. The highest BCUT2D eigenvalue weighted by atomic mass is 16.7. The van der Waals surface area contributed by atoms with Crippen LogP contribution in [0.15, 0.2) is 64.8 Å². The second kappa shape index (κ2) is 10.6. The topological polar surface area (TPSA) is 55.2 Å². The van der Waals surface area contributed by atoms with Crippen molar-refractivity contribution in [1.29, 1.82) is 0 Å². The molecule has 3 heterocycles. The molecular weight excluding hydrogens is 416 g/mol. The van der Waals surface area contributed by atoms with Gasteiger partial charge in [-0.2, -0.15) is 0 Å². The summed E-state index contributed by atoms with van der Waals surface area (Å²) in [6.45, 7) is 12.1. The van der Waals surface area contributed by atoms with Gasteiger partial charge in [-0.1, -0.05) is 35.9 Å². The zero-order valence-corrected chi connectivity index (χ0v) is 19.5. The van der Waals surface area contributed by atoms with E-state index in [1.807, 2.05) is 42.2 Å². The Hall–Kier alpha value is -3.25. The van der Waals surface area contributed by atoms with Gasteiger partial charge in [-0.15, -0.1) is 0 Å². The number of hydrogen-bond acceptors (Lipinski definition) is 5. The minimum atomic E-state index is 0.0309. The Bertz CT molecular complexity index is 1060. The molecule has 1 aromatic carbocycles. The van der Waals surface area contributed by atoms with Crippen LogP contribution in [0.2, 0.25) is 0 Å².